The first-order valence-electron chi connectivity index (χ1n) is 12.8. The average Bonchev–Trinajstić information content (AvgIpc) is 3.51. The number of nitrogens with two attached hydrogens (primary N) is 1. The van der Waals surface area contributed by atoms with E-state index in [4.69, 9.17) is 10.8 Å². The third kappa shape index (κ3) is 4.72. The summed E-state index contributed by atoms with van der Waals surface area (Å²) >= 11 is 1.73. The number of hydrogen-bond acceptors (Lipinski definition) is 5. The van der Waals surface area contributed by atoms with Crippen LogP contribution in [0.5, 0.6) is 5.75 Å². The number of aromatic nitrogens is 2. The Bertz CT molecular complexity index is 1730. The van der Waals surface area contributed by atoms with E-state index in [1.807, 2.05) is 35.0 Å². The zero-order valence-electron chi connectivity index (χ0n) is 21.9. The molecule has 1 saturated heterocycles. The summed E-state index contributed by atoms with van der Waals surface area (Å²) in [5.41, 5.74) is 13.2. The number of rotatable bonds is 5. The topological polar surface area (TPSA) is 65.4 Å². The molecule has 2 atom stereocenters. The van der Waals surface area contributed by atoms with E-state index in [2.05, 4.69) is 47.8 Å². The number of imidazole rings is 1. The van der Waals surface area contributed by atoms with Crippen LogP contribution in [-0.4, -0.2) is 39.9 Å². The summed E-state index contributed by atoms with van der Waals surface area (Å²) in [4.78, 5) is 4.62. The van der Waals surface area contributed by atoms with Crippen molar-refractivity contribution < 1.29 is 17.9 Å². The third-order valence-corrected chi connectivity index (χ3v) is 8.39. The van der Waals surface area contributed by atoms with Gasteiger partial charge in [0, 0.05) is 22.2 Å². The van der Waals surface area contributed by atoms with Crippen LogP contribution in [0.3, 0.4) is 0 Å². The Labute approximate surface area is 233 Å². The molecule has 2 unspecified atom stereocenters. The summed E-state index contributed by atoms with van der Waals surface area (Å²) < 4.78 is 43.7. The second kappa shape index (κ2) is 9.96. The Kier molecular flexibility index (Phi) is 6.56. The number of nitrogens with zero attached hydrogens (tertiary/aromatic N) is 4. The molecule has 6 rings (SSSR count). The first-order chi connectivity index (χ1) is 19.1. The van der Waals surface area contributed by atoms with Crippen LogP contribution in [-0.2, 0) is 0 Å². The molecule has 40 heavy (non-hydrogen) atoms. The normalized spacial score (nSPS) is 19.7. The lowest BCUT2D eigenvalue weighted by Crippen LogP contribution is -2.52. The standard InChI is InChI=1S/C30H27F3N5OS/c1-19-4-3-5-20(2)28(19)38(14-15-40-29(38)34)36-17-21-6-12-25-22(16-21)7-13-26-27(25)35-18-37(26)23-8-10-24(11-9-23)39-30(31,32)33/h3-13,16-18,29H,14-15,34H2,1-2H3/q+1/b36-17+. The monoisotopic (exact) mass is 562 g/mol. The van der Waals surface area contributed by atoms with Gasteiger partial charge in [-0.25, -0.2) is 4.98 Å². The van der Waals surface area contributed by atoms with Crippen LogP contribution in [0.2, 0.25) is 0 Å². The first kappa shape index (κ1) is 26.4. The second-order valence-electron chi connectivity index (χ2n) is 9.87. The highest BCUT2D eigenvalue weighted by Gasteiger charge is 2.45. The molecule has 1 aromatic heterocycles. The zero-order chi connectivity index (χ0) is 28.1. The van der Waals surface area contributed by atoms with Crippen LogP contribution in [0.15, 0.2) is 84.2 Å². The fourth-order valence-corrected chi connectivity index (χ4v) is 6.63. The van der Waals surface area contributed by atoms with Crippen LogP contribution in [0.4, 0.5) is 18.9 Å². The van der Waals surface area contributed by atoms with Crippen LogP contribution < -0.4 is 15.1 Å². The van der Waals surface area contributed by atoms with E-state index < -0.39 is 6.36 Å². The van der Waals surface area contributed by atoms with E-state index in [0.717, 1.165) is 45.4 Å². The molecule has 1 fully saturated rings. The van der Waals surface area contributed by atoms with E-state index in [1.165, 1.54) is 23.3 Å². The molecule has 1 aliphatic heterocycles. The van der Waals surface area contributed by atoms with Gasteiger partial charge < -0.3 is 4.74 Å². The molecular weight excluding hydrogens is 535 g/mol. The Morgan fingerprint density at radius 2 is 1.80 bits per heavy atom. The summed E-state index contributed by atoms with van der Waals surface area (Å²) in [5, 5.41) is 7.08. The predicted molar refractivity (Wildman–Crippen MR) is 156 cm³/mol. The maximum absolute atomic E-state index is 12.5. The predicted octanol–water partition coefficient (Wildman–Crippen LogP) is 7.02. The van der Waals surface area contributed by atoms with Crippen LogP contribution in [0.25, 0.3) is 27.5 Å². The number of thioether (sulfide) groups is 1. The molecule has 0 aliphatic carbocycles. The molecule has 0 amide bonds. The number of para-hydroxylation sites is 1. The number of halogens is 3. The van der Waals surface area contributed by atoms with Gasteiger partial charge in [0.1, 0.15) is 18.6 Å². The molecule has 6 nitrogen and oxygen atoms in total. The Balaban J connectivity index is 1.34. The second-order valence-corrected chi connectivity index (χ2v) is 11.1. The number of alkyl halides is 3. The lowest BCUT2D eigenvalue weighted by Gasteiger charge is -2.32. The zero-order valence-corrected chi connectivity index (χ0v) is 22.7. The SMILES string of the molecule is Cc1cccc(C)c1[N+]1(/N=C/c2ccc3c(ccc4c3ncn4-c3ccc(OC(F)(F)F)cc3)c2)CCSC1N. The molecule has 2 N–H and O–H groups in total. The van der Waals surface area contributed by atoms with E-state index in [-0.39, 0.29) is 11.2 Å². The first-order valence-corrected chi connectivity index (χ1v) is 13.8. The van der Waals surface area contributed by atoms with E-state index in [9.17, 15) is 13.2 Å². The van der Waals surface area contributed by atoms with Crippen LogP contribution in [0, 0.1) is 13.8 Å². The largest absolute Gasteiger partial charge is 0.573 e. The Morgan fingerprint density at radius 3 is 2.48 bits per heavy atom. The van der Waals surface area contributed by atoms with Crippen molar-refractivity contribution in [3.05, 3.63) is 95.8 Å². The maximum atomic E-state index is 12.5. The molecule has 2 heterocycles. The molecule has 1 aliphatic rings. The van der Waals surface area contributed by atoms with E-state index in [1.54, 1.807) is 30.2 Å². The summed E-state index contributed by atoms with van der Waals surface area (Å²) in [6, 6.07) is 22.1. The van der Waals surface area contributed by atoms with Crippen LogP contribution in [0.1, 0.15) is 16.7 Å². The van der Waals surface area contributed by atoms with Crippen molar-refractivity contribution in [2.24, 2.45) is 10.8 Å². The molecule has 5 aromatic rings. The van der Waals surface area contributed by atoms with Crippen molar-refractivity contribution in [3.63, 3.8) is 0 Å². The average molecular weight is 563 g/mol. The highest BCUT2D eigenvalue weighted by Crippen LogP contribution is 2.40. The van der Waals surface area contributed by atoms with Crippen LogP contribution >= 0.6 is 11.8 Å². The molecule has 0 spiro atoms. The quantitative estimate of drug-likeness (QED) is 0.185. The van der Waals surface area contributed by atoms with Crippen molar-refractivity contribution in [2.45, 2.75) is 25.7 Å². The highest BCUT2D eigenvalue weighted by atomic mass is 32.2. The number of quaternary nitrogens is 1. The van der Waals surface area contributed by atoms with E-state index in [0.29, 0.717) is 10.3 Å². The summed E-state index contributed by atoms with van der Waals surface area (Å²) in [7, 11) is 0. The smallest absolute Gasteiger partial charge is 0.406 e. The fourth-order valence-electron chi connectivity index (χ4n) is 5.49. The van der Waals surface area contributed by atoms with Gasteiger partial charge in [0.15, 0.2) is 5.69 Å². The molecule has 0 radical (unpaired) electrons. The lowest BCUT2D eigenvalue weighted by molar-refractivity contribution is -0.274. The molecular formula is C30H27F3N5OS+. The number of aryl methyl sites for hydroxylation is 2. The molecule has 0 bridgehead atoms. The fraction of sp³-hybridized carbons (Fsp3) is 0.200. The van der Waals surface area contributed by atoms with Gasteiger partial charge in [-0.05, 0) is 61.2 Å². The minimum absolute atomic E-state index is 0.186. The molecule has 4 aromatic carbocycles. The molecule has 204 valence electrons. The number of benzene rings is 4. The van der Waals surface area contributed by atoms with Gasteiger partial charge in [0.25, 0.3) is 0 Å². The third-order valence-electron chi connectivity index (χ3n) is 7.29. The van der Waals surface area contributed by atoms with Crippen molar-refractivity contribution in [2.75, 3.05) is 12.3 Å². The van der Waals surface area contributed by atoms with Gasteiger partial charge in [-0.2, -0.15) is 0 Å². The lowest BCUT2D eigenvalue weighted by atomic mass is 10.1. The van der Waals surface area contributed by atoms with Gasteiger partial charge >= 0.3 is 6.36 Å². The highest BCUT2D eigenvalue weighted by molar-refractivity contribution is 8.00. The number of fused-ring (bicyclic) bond motifs is 3. The van der Waals surface area contributed by atoms with Crippen molar-refractivity contribution in [3.8, 4) is 11.4 Å². The van der Waals surface area contributed by atoms with Crippen molar-refractivity contribution in [1.29, 1.82) is 0 Å². The molecule has 0 saturated carbocycles. The summed E-state index contributed by atoms with van der Waals surface area (Å²) in [6.45, 7) is 5.04. The van der Waals surface area contributed by atoms with Gasteiger partial charge in [-0.15, -0.1) is 17.8 Å². The maximum Gasteiger partial charge on any atom is 0.573 e. The Hall–Kier alpha value is -3.86. The summed E-state index contributed by atoms with van der Waals surface area (Å²) in [5.74, 6) is 0.665. The van der Waals surface area contributed by atoms with Crippen molar-refractivity contribution in [1.82, 2.24) is 14.1 Å². The minimum Gasteiger partial charge on any atom is -0.406 e. The van der Waals surface area contributed by atoms with Crippen molar-refractivity contribution >= 4 is 45.5 Å². The van der Waals surface area contributed by atoms with Gasteiger partial charge in [0.05, 0.1) is 23.0 Å². The number of ether oxygens (including phenoxy) is 1. The summed E-state index contributed by atoms with van der Waals surface area (Å²) in [6.07, 6.45) is -1.15. The number of hydrogen-bond donors (Lipinski definition) is 1. The van der Waals surface area contributed by atoms with E-state index >= 15 is 0 Å². The van der Waals surface area contributed by atoms with Gasteiger partial charge in [-0.1, -0.05) is 53.3 Å². The van der Waals surface area contributed by atoms with Gasteiger partial charge in [-0.3, -0.25) is 10.3 Å². The Morgan fingerprint density at radius 1 is 1.05 bits per heavy atom. The van der Waals surface area contributed by atoms with Gasteiger partial charge in [0.2, 0.25) is 5.50 Å². The minimum atomic E-state index is -4.73. The molecule has 10 heteroatoms.